The van der Waals surface area contributed by atoms with Crippen LogP contribution in [-0.4, -0.2) is 39.6 Å². The van der Waals surface area contributed by atoms with Gasteiger partial charge in [0.2, 0.25) is 11.8 Å². The summed E-state index contributed by atoms with van der Waals surface area (Å²) in [5.74, 6) is -0.485. The molecule has 2 rings (SSSR count). The number of primary amides is 1. The fourth-order valence-corrected chi connectivity index (χ4v) is 2.72. The summed E-state index contributed by atoms with van der Waals surface area (Å²) in [7, 11) is 1.75. The van der Waals surface area contributed by atoms with Gasteiger partial charge in [-0.05, 0) is 25.8 Å². The van der Waals surface area contributed by atoms with Crippen LogP contribution in [0.5, 0.6) is 0 Å². The summed E-state index contributed by atoms with van der Waals surface area (Å²) in [4.78, 5) is 24.9. The first kappa shape index (κ1) is 15.6. The number of rotatable bonds is 3. The molecule has 2 N–H and O–H groups in total. The van der Waals surface area contributed by atoms with E-state index in [-0.39, 0.29) is 17.7 Å². The van der Waals surface area contributed by atoms with E-state index in [0.29, 0.717) is 31.1 Å². The Labute approximate surface area is 128 Å². The van der Waals surface area contributed by atoms with Crippen molar-refractivity contribution in [1.29, 1.82) is 0 Å². The van der Waals surface area contributed by atoms with E-state index in [0.717, 1.165) is 11.3 Å². The lowest BCUT2D eigenvalue weighted by Crippen LogP contribution is -2.41. The van der Waals surface area contributed by atoms with Crippen molar-refractivity contribution in [1.82, 2.24) is 14.7 Å². The Bertz CT molecular complexity index is 586. The van der Waals surface area contributed by atoms with Crippen LogP contribution < -0.4 is 5.73 Å². The Hall–Kier alpha value is -1.82. The maximum atomic E-state index is 12.1. The van der Waals surface area contributed by atoms with Gasteiger partial charge in [-0.15, -0.1) is 0 Å². The largest absolute Gasteiger partial charge is 0.369 e. The summed E-state index contributed by atoms with van der Waals surface area (Å²) >= 11 is 6.11. The van der Waals surface area contributed by atoms with Crippen LogP contribution in [0.25, 0.3) is 6.08 Å². The average Bonchev–Trinajstić information content (AvgIpc) is 2.70. The molecule has 2 heterocycles. The minimum absolute atomic E-state index is 0.0859. The minimum atomic E-state index is -0.282. The van der Waals surface area contributed by atoms with Crippen molar-refractivity contribution >= 4 is 29.5 Å². The Morgan fingerprint density at radius 1 is 1.38 bits per heavy atom. The topological polar surface area (TPSA) is 81.2 Å². The molecule has 1 aliphatic rings. The monoisotopic (exact) mass is 310 g/mol. The van der Waals surface area contributed by atoms with Crippen molar-refractivity contribution in [2.24, 2.45) is 18.7 Å². The lowest BCUT2D eigenvalue weighted by molar-refractivity contribution is -0.130. The summed E-state index contributed by atoms with van der Waals surface area (Å²) < 4.78 is 1.57. The van der Waals surface area contributed by atoms with Crippen LogP contribution in [0.15, 0.2) is 6.08 Å². The molecule has 1 aromatic heterocycles. The zero-order chi connectivity index (χ0) is 15.6. The van der Waals surface area contributed by atoms with E-state index in [1.165, 1.54) is 6.08 Å². The number of nitrogens with zero attached hydrogens (tertiary/aromatic N) is 3. The number of hydrogen-bond acceptors (Lipinski definition) is 3. The molecule has 0 aliphatic carbocycles. The summed E-state index contributed by atoms with van der Waals surface area (Å²) in [5, 5.41) is 4.69. The van der Waals surface area contributed by atoms with Crippen LogP contribution in [0.3, 0.4) is 0 Å². The highest BCUT2D eigenvalue weighted by atomic mass is 35.5. The Balaban J connectivity index is 1.99. The number of nitrogens with two attached hydrogens (primary N) is 1. The summed E-state index contributed by atoms with van der Waals surface area (Å²) in [6, 6.07) is 0. The molecule has 114 valence electrons. The molecule has 1 aromatic rings. The summed E-state index contributed by atoms with van der Waals surface area (Å²) in [6.07, 6.45) is 4.44. The van der Waals surface area contributed by atoms with Crippen LogP contribution >= 0.6 is 11.6 Å². The molecule has 0 unspecified atom stereocenters. The van der Waals surface area contributed by atoms with Gasteiger partial charge in [-0.1, -0.05) is 11.6 Å². The number of aryl methyl sites for hydroxylation is 2. The second-order valence-electron chi connectivity index (χ2n) is 5.25. The Morgan fingerprint density at radius 2 is 2.00 bits per heavy atom. The van der Waals surface area contributed by atoms with Crippen LogP contribution in [-0.2, 0) is 16.6 Å². The van der Waals surface area contributed by atoms with Crippen LogP contribution in [0.4, 0.5) is 0 Å². The highest BCUT2D eigenvalue weighted by Crippen LogP contribution is 2.21. The second kappa shape index (κ2) is 6.30. The van der Waals surface area contributed by atoms with Crippen molar-refractivity contribution in [3.8, 4) is 0 Å². The number of amides is 2. The van der Waals surface area contributed by atoms with E-state index < -0.39 is 0 Å². The molecule has 0 bridgehead atoms. The third-order valence-electron chi connectivity index (χ3n) is 3.80. The molecule has 0 aromatic carbocycles. The quantitative estimate of drug-likeness (QED) is 0.849. The molecule has 0 saturated carbocycles. The number of carbonyl (C=O) groups is 2. The highest BCUT2D eigenvalue weighted by molar-refractivity contribution is 6.31. The number of hydrogen-bond donors (Lipinski definition) is 1. The first-order valence-electron chi connectivity index (χ1n) is 6.85. The van der Waals surface area contributed by atoms with E-state index in [9.17, 15) is 9.59 Å². The normalized spacial score (nSPS) is 16.6. The zero-order valence-corrected chi connectivity index (χ0v) is 12.9. The third-order valence-corrected chi connectivity index (χ3v) is 4.25. The number of likely N-dealkylation sites (tertiary alicyclic amines) is 1. The number of carbonyl (C=O) groups excluding carboxylic acids is 2. The van der Waals surface area contributed by atoms with Crippen molar-refractivity contribution in [3.63, 3.8) is 0 Å². The first-order chi connectivity index (χ1) is 9.90. The van der Waals surface area contributed by atoms with Crippen LogP contribution in [0.1, 0.15) is 24.1 Å². The van der Waals surface area contributed by atoms with Gasteiger partial charge in [-0.3, -0.25) is 14.3 Å². The molecule has 6 nitrogen and oxygen atoms in total. The van der Waals surface area contributed by atoms with E-state index in [2.05, 4.69) is 5.10 Å². The average molecular weight is 311 g/mol. The van der Waals surface area contributed by atoms with Gasteiger partial charge < -0.3 is 10.6 Å². The molecule has 1 aliphatic heterocycles. The molecule has 0 atom stereocenters. The number of aromatic nitrogens is 2. The maximum absolute atomic E-state index is 12.1. The SMILES string of the molecule is Cc1nn(C)c(Cl)c1C=CC(=O)N1CCC(C(N)=O)CC1. The van der Waals surface area contributed by atoms with Gasteiger partial charge in [-0.25, -0.2) is 0 Å². The van der Waals surface area contributed by atoms with Gasteiger partial charge in [0.15, 0.2) is 0 Å². The van der Waals surface area contributed by atoms with E-state index in [1.807, 2.05) is 6.92 Å². The first-order valence-corrected chi connectivity index (χ1v) is 7.23. The van der Waals surface area contributed by atoms with Gasteiger partial charge in [0.1, 0.15) is 5.15 Å². The molecule has 1 saturated heterocycles. The number of halogens is 1. The minimum Gasteiger partial charge on any atom is -0.369 e. The standard InChI is InChI=1S/C14H19ClN4O2/c1-9-11(13(15)18(2)17-9)3-4-12(20)19-7-5-10(6-8-19)14(16)21/h3-4,10H,5-8H2,1-2H3,(H2,16,21). The van der Waals surface area contributed by atoms with Gasteiger partial charge in [0, 0.05) is 37.7 Å². The molecule has 7 heteroatoms. The van der Waals surface area contributed by atoms with Crippen LogP contribution in [0, 0.1) is 12.8 Å². The predicted octanol–water partition coefficient (Wildman–Crippen LogP) is 1.12. The van der Waals surface area contributed by atoms with Crippen molar-refractivity contribution in [2.45, 2.75) is 19.8 Å². The molecular formula is C14H19ClN4O2. The molecule has 0 radical (unpaired) electrons. The smallest absolute Gasteiger partial charge is 0.246 e. The van der Waals surface area contributed by atoms with Gasteiger partial charge in [0.25, 0.3) is 0 Å². The van der Waals surface area contributed by atoms with E-state index in [4.69, 9.17) is 17.3 Å². The van der Waals surface area contributed by atoms with Gasteiger partial charge in [-0.2, -0.15) is 5.10 Å². The molecule has 1 fully saturated rings. The third kappa shape index (κ3) is 3.44. The molecule has 2 amide bonds. The fourth-order valence-electron chi connectivity index (χ4n) is 2.48. The fraction of sp³-hybridized carbons (Fsp3) is 0.500. The summed E-state index contributed by atoms with van der Waals surface area (Å²) in [5.41, 5.74) is 6.81. The van der Waals surface area contributed by atoms with Gasteiger partial charge >= 0.3 is 0 Å². The Morgan fingerprint density at radius 3 is 2.48 bits per heavy atom. The van der Waals surface area contributed by atoms with Crippen molar-refractivity contribution < 1.29 is 9.59 Å². The van der Waals surface area contributed by atoms with Crippen molar-refractivity contribution in [3.05, 3.63) is 22.5 Å². The van der Waals surface area contributed by atoms with Crippen molar-refractivity contribution in [2.75, 3.05) is 13.1 Å². The summed E-state index contributed by atoms with van der Waals surface area (Å²) in [6.45, 7) is 2.95. The number of piperidine rings is 1. The second-order valence-corrected chi connectivity index (χ2v) is 5.61. The lowest BCUT2D eigenvalue weighted by Gasteiger charge is -2.29. The molecule has 21 heavy (non-hydrogen) atoms. The zero-order valence-electron chi connectivity index (χ0n) is 12.2. The van der Waals surface area contributed by atoms with Crippen LogP contribution in [0.2, 0.25) is 5.15 Å². The molecule has 0 spiro atoms. The van der Waals surface area contributed by atoms with E-state index in [1.54, 1.807) is 22.7 Å². The Kier molecular flexibility index (Phi) is 4.67. The molecular weight excluding hydrogens is 292 g/mol. The highest BCUT2D eigenvalue weighted by Gasteiger charge is 2.24. The predicted molar refractivity (Wildman–Crippen MR) is 80.5 cm³/mol. The maximum Gasteiger partial charge on any atom is 0.246 e. The van der Waals surface area contributed by atoms with E-state index >= 15 is 0 Å². The lowest BCUT2D eigenvalue weighted by atomic mass is 9.96. The van der Waals surface area contributed by atoms with Gasteiger partial charge in [0.05, 0.1) is 5.69 Å².